The molecule has 17 heavy (non-hydrogen) atoms. The van der Waals surface area contributed by atoms with E-state index in [9.17, 15) is 4.79 Å². The van der Waals surface area contributed by atoms with Crippen LogP contribution in [0.15, 0.2) is 0 Å². The van der Waals surface area contributed by atoms with E-state index in [0.717, 1.165) is 11.4 Å². The number of nitrogens with zero attached hydrogens (tertiary/aromatic N) is 3. The molecular weight excluding hydrogens is 214 g/mol. The summed E-state index contributed by atoms with van der Waals surface area (Å²) in [6, 6.07) is 0.430. The van der Waals surface area contributed by atoms with Crippen molar-refractivity contribution in [1.82, 2.24) is 14.5 Å². The van der Waals surface area contributed by atoms with Crippen LogP contribution in [0.4, 0.5) is 0 Å². The van der Waals surface area contributed by atoms with E-state index in [0.29, 0.717) is 6.54 Å². The lowest BCUT2D eigenvalue weighted by molar-refractivity contribution is -0.135. The van der Waals surface area contributed by atoms with E-state index in [1.807, 2.05) is 46.4 Å². The van der Waals surface area contributed by atoms with Crippen molar-refractivity contribution < 1.29 is 4.79 Å². The average molecular weight is 236 g/mol. The molecule has 0 saturated heterocycles. The number of hydrogen-bond acceptors (Lipinski definition) is 2. The molecule has 0 aliphatic rings. The van der Waals surface area contributed by atoms with Gasteiger partial charge in [0, 0.05) is 17.8 Å². The first kappa shape index (κ1) is 13.7. The van der Waals surface area contributed by atoms with Gasteiger partial charge in [-0.1, -0.05) is 0 Å². The number of aromatic nitrogens is 2. The fourth-order valence-corrected chi connectivity index (χ4v) is 2.03. The molecule has 4 heteroatoms. The van der Waals surface area contributed by atoms with E-state index in [2.05, 4.69) is 11.3 Å². The SMILES string of the molecule is Cc1n[c]n(CC(=O)N(C(C)C)C(C)C)c1C. The highest BCUT2D eigenvalue weighted by Gasteiger charge is 2.20. The van der Waals surface area contributed by atoms with Gasteiger partial charge in [0.15, 0.2) is 6.33 Å². The lowest BCUT2D eigenvalue weighted by Crippen LogP contribution is -2.43. The van der Waals surface area contributed by atoms with Gasteiger partial charge < -0.3 is 9.47 Å². The molecule has 1 aromatic heterocycles. The van der Waals surface area contributed by atoms with Crippen molar-refractivity contribution in [2.24, 2.45) is 0 Å². The molecule has 1 amide bonds. The third-order valence-electron chi connectivity index (χ3n) is 2.96. The van der Waals surface area contributed by atoms with Gasteiger partial charge in [-0.15, -0.1) is 0 Å². The average Bonchev–Trinajstić information content (AvgIpc) is 2.48. The summed E-state index contributed by atoms with van der Waals surface area (Å²) in [6.07, 6.45) is 2.86. The van der Waals surface area contributed by atoms with Gasteiger partial charge in [-0.3, -0.25) is 4.79 Å². The van der Waals surface area contributed by atoms with Crippen LogP contribution >= 0.6 is 0 Å². The third-order valence-corrected chi connectivity index (χ3v) is 2.96. The fourth-order valence-electron chi connectivity index (χ4n) is 2.03. The van der Waals surface area contributed by atoms with Crippen LogP contribution in [0.3, 0.4) is 0 Å². The van der Waals surface area contributed by atoms with Crippen molar-refractivity contribution in [3.63, 3.8) is 0 Å². The number of rotatable bonds is 4. The molecule has 0 saturated carbocycles. The summed E-state index contributed by atoms with van der Waals surface area (Å²) >= 11 is 0. The summed E-state index contributed by atoms with van der Waals surface area (Å²) in [5, 5.41) is 0. The minimum Gasteiger partial charge on any atom is -0.336 e. The Hall–Kier alpha value is -1.32. The number of hydrogen-bond donors (Lipinski definition) is 0. The minimum absolute atomic E-state index is 0.117. The molecule has 0 bridgehead atoms. The molecule has 1 rings (SSSR count). The van der Waals surface area contributed by atoms with Gasteiger partial charge in [0.05, 0.1) is 5.69 Å². The van der Waals surface area contributed by atoms with Crippen LogP contribution in [-0.4, -0.2) is 32.4 Å². The van der Waals surface area contributed by atoms with E-state index in [1.54, 1.807) is 4.57 Å². The monoisotopic (exact) mass is 236 g/mol. The largest absolute Gasteiger partial charge is 0.336 e. The molecule has 0 unspecified atom stereocenters. The highest BCUT2D eigenvalue weighted by atomic mass is 16.2. The standard InChI is InChI=1S/C13H22N3O/c1-9(2)16(10(3)4)13(17)7-15-8-14-11(5)12(15)6/h9-10H,7H2,1-6H3. The summed E-state index contributed by atoms with van der Waals surface area (Å²) < 4.78 is 1.79. The predicted molar refractivity (Wildman–Crippen MR) is 67.7 cm³/mol. The molecule has 1 radical (unpaired) electrons. The quantitative estimate of drug-likeness (QED) is 0.801. The highest BCUT2D eigenvalue weighted by molar-refractivity contribution is 5.76. The fraction of sp³-hybridized carbons (Fsp3) is 0.692. The Bertz CT molecular complexity index is 385. The third kappa shape index (κ3) is 3.08. The van der Waals surface area contributed by atoms with E-state index < -0.39 is 0 Å². The molecule has 1 heterocycles. The first-order chi connectivity index (χ1) is 7.84. The van der Waals surface area contributed by atoms with Gasteiger partial charge in [0.25, 0.3) is 0 Å². The van der Waals surface area contributed by atoms with Gasteiger partial charge >= 0.3 is 0 Å². The number of aryl methyl sites for hydroxylation is 1. The Kier molecular flexibility index (Phi) is 4.32. The first-order valence-electron chi connectivity index (χ1n) is 6.07. The molecular formula is C13H22N3O. The lowest BCUT2D eigenvalue weighted by Gasteiger charge is -2.31. The Morgan fingerprint density at radius 3 is 2.18 bits per heavy atom. The molecule has 0 fully saturated rings. The van der Waals surface area contributed by atoms with Crippen molar-refractivity contribution in [3.8, 4) is 0 Å². The molecule has 0 spiro atoms. The second-order valence-electron chi connectivity index (χ2n) is 4.96. The molecule has 0 aliphatic heterocycles. The summed E-state index contributed by atoms with van der Waals surface area (Å²) in [5.74, 6) is 0.117. The van der Waals surface area contributed by atoms with Crippen LogP contribution in [0.5, 0.6) is 0 Å². The van der Waals surface area contributed by atoms with Crippen molar-refractivity contribution in [2.75, 3.05) is 0 Å². The van der Waals surface area contributed by atoms with Gasteiger partial charge in [0.1, 0.15) is 6.54 Å². The summed E-state index contributed by atoms with van der Waals surface area (Å²) in [5.41, 5.74) is 1.93. The van der Waals surface area contributed by atoms with Gasteiger partial charge in [0.2, 0.25) is 5.91 Å². The topological polar surface area (TPSA) is 38.1 Å². The van der Waals surface area contributed by atoms with Crippen LogP contribution in [0, 0.1) is 20.2 Å². The zero-order valence-electron chi connectivity index (χ0n) is 11.6. The Balaban J connectivity index is 2.81. The predicted octanol–water partition coefficient (Wildman–Crippen LogP) is 1.95. The van der Waals surface area contributed by atoms with E-state index in [-0.39, 0.29) is 18.0 Å². The van der Waals surface area contributed by atoms with E-state index in [4.69, 9.17) is 0 Å². The van der Waals surface area contributed by atoms with Crippen LogP contribution < -0.4 is 0 Å². The van der Waals surface area contributed by atoms with Crippen LogP contribution in [0.1, 0.15) is 39.1 Å². The molecule has 0 aliphatic carbocycles. The zero-order chi connectivity index (χ0) is 13.2. The van der Waals surface area contributed by atoms with Gasteiger partial charge in [-0.2, -0.15) is 0 Å². The van der Waals surface area contributed by atoms with Crippen LogP contribution in [0.25, 0.3) is 0 Å². The van der Waals surface area contributed by atoms with Crippen molar-refractivity contribution in [2.45, 2.75) is 60.2 Å². The Morgan fingerprint density at radius 2 is 1.82 bits per heavy atom. The maximum atomic E-state index is 12.2. The van der Waals surface area contributed by atoms with Gasteiger partial charge in [-0.05, 0) is 41.5 Å². The van der Waals surface area contributed by atoms with Crippen molar-refractivity contribution >= 4 is 5.91 Å². The second-order valence-corrected chi connectivity index (χ2v) is 4.96. The van der Waals surface area contributed by atoms with Crippen LogP contribution in [0.2, 0.25) is 0 Å². The molecule has 0 aromatic carbocycles. The molecule has 4 nitrogen and oxygen atoms in total. The molecule has 95 valence electrons. The number of amides is 1. The lowest BCUT2D eigenvalue weighted by atomic mass is 10.2. The smallest absolute Gasteiger partial charge is 0.243 e. The minimum atomic E-state index is 0.117. The maximum absolute atomic E-state index is 12.2. The Labute approximate surface area is 104 Å². The van der Waals surface area contributed by atoms with E-state index >= 15 is 0 Å². The summed E-state index contributed by atoms with van der Waals surface area (Å²) in [4.78, 5) is 18.2. The van der Waals surface area contributed by atoms with Crippen molar-refractivity contribution in [1.29, 1.82) is 0 Å². The molecule has 0 N–H and O–H groups in total. The Morgan fingerprint density at radius 1 is 1.29 bits per heavy atom. The normalized spacial score (nSPS) is 11.3. The second kappa shape index (κ2) is 5.34. The van der Waals surface area contributed by atoms with Gasteiger partial charge in [-0.25, -0.2) is 4.98 Å². The molecule has 0 atom stereocenters. The summed E-state index contributed by atoms with van der Waals surface area (Å²) in [7, 11) is 0. The van der Waals surface area contributed by atoms with E-state index in [1.165, 1.54) is 0 Å². The zero-order valence-corrected chi connectivity index (χ0v) is 11.6. The van der Waals surface area contributed by atoms with Crippen LogP contribution in [-0.2, 0) is 11.3 Å². The van der Waals surface area contributed by atoms with Crippen molar-refractivity contribution in [3.05, 3.63) is 17.7 Å². The highest BCUT2D eigenvalue weighted by Crippen LogP contribution is 2.09. The first-order valence-corrected chi connectivity index (χ1v) is 6.07. The number of imidazole rings is 1. The number of carbonyl (C=O) groups excluding carboxylic acids is 1. The molecule has 1 aromatic rings. The number of carbonyl (C=O) groups is 1. The maximum Gasteiger partial charge on any atom is 0.243 e. The summed E-state index contributed by atoms with van der Waals surface area (Å²) in [6.45, 7) is 12.3.